The van der Waals surface area contributed by atoms with E-state index in [1.54, 1.807) is 18.2 Å². The summed E-state index contributed by atoms with van der Waals surface area (Å²) in [5, 5.41) is 13.4. The lowest BCUT2D eigenvalue weighted by molar-refractivity contribution is -0.0109. The quantitative estimate of drug-likeness (QED) is 0.872. The van der Waals surface area contributed by atoms with Gasteiger partial charge in [0.15, 0.2) is 0 Å². The summed E-state index contributed by atoms with van der Waals surface area (Å²) in [6.45, 7) is 2.43. The topological polar surface area (TPSA) is 58.6 Å². The highest BCUT2D eigenvalue weighted by molar-refractivity contribution is 9.10. The molecule has 0 radical (unpaired) electrons. The molecule has 116 valence electrons. The largest absolute Gasteiger partial charge is 0.496 e. The lowest BCUT2D eigenvalue weighted by atomic mass is 9.79. The molecular formula is C16H22BrNO3. The number of rotatable bonds is 4. The number of benzene rings is 1. The van der Waals surface area contributed by atoms with Crippen molar-refractivity contribution < 1.29 is 14.6 Å². The summed E-state index contributed by atoms with van der Waals surface area (Å²) in [5.41, 5.74) is -0.302. The molecule has 5 heteroatoms. The Bertz CT molecular complexity index is 520. The van der Waals surface area contributed by atoms with Gasteiger partial charge >= 0.3 is 0 Å². The van der Waals surface area contributed by atoms with Crippen LogP contribution in [0.2, 0.25) is 0 Å². The SMILES string of the molecule is COc1cc(Br)ccc1C(=O)NCC1(O)CCCC(C)C1. The van der Waals surface area contributed by atoms with Crippen molar-refractivity contribution in [2.75, 3.05) is 13.7 Å². The Morgan fingerprint density at radius 2 is 2.33 bits per heavy atom. The maximum absolute atomic E-state index is 12.3. The van der Waals surface area contributed by atoms with Gasteiger partial charge in [-0.2, -0.15) is 0 Å². The molecule has 1 aromatic carbocycles. The molecule has 1 amide bonds. The second-order valence-corrected chi connectivity index (χ2v) is 6.87. The van der Waals surface area contributed by atoms with Crippen LogP contribution < -0.4 is 10.1 Å². The second-order valence-electron chi connectivity index (χ2n) is 5.95. The van der Waals surface area contributed by atoms with Crippen LogP contribution in [0.4, 0.5) is 0 Å². The Balaban J connectivity index is 2.02. The zero-order valence-electron chi connectivity index (χ0n) is 12.5. The Labute approximate surface area is 134 Å². The van der Waals surface area contributed by atoms with Crippen molar-refractivity contribution in [1.29, 1.82) is 0 Å². The summed E-state index contributed by atoms with van der Waals surface area (Å²) in [6, 6.07) is 5.27. The minimum Gasteiger partial charge on any atom is -0.496 e. The van der Waals surface area contributed by atoms with Crippen molar-refractivity contribution in [2.45, 2.75) is 38.2 Å². The Morgan fingerprint density at radius 3 is 3.00 bits per heavy atom. The summed E-state index contributed by atoms with van der Waals surface area (Å²) in [5.74, 6) is 0.805. The van der Waals surface area contributed by atoms with E-state index in [0.717, 1.165) is 30.2 Å². The fourth-order valence-corrected chi connectivity index (χ4v) is 3.33. The van der Waals surface area contributed by atoms with Crippen LogP contribution in [0.15, 0.2) is 22.7 Å². The molecular weight excluding hydrogens is 334 g/mol. The number of hydrogen-bond acceptors (Lipinski definition) is 3. The minimum atomic E-state index is -0.782. The van der Waals surface area contributed by atoms with Crippen LogP contribution in [-0.4, -0.2) is 30.3 Å². The lowest BCUT2D eigenvalue weighted by Crippen LogP contribution is -2.45. The second kappa shape index (κ2) is 6.79. The van der Waals surface area contributed by atoms with E-state index in [1.165, 1.54) is 7.11 Å². The molecule has 0 heterocycles. The molecule has 0 aliphatic heterocycles. The summed E-state index contributed by atoms with van der Waals surface area (Å²) < 4.78 is 6.09. The van der Waals surface area contributed by atoms with Crippen molar-refractivity contribution in [3.8, 4) is 5.75 Å². The van der Waals surface area contributed by atoms with E-state index in [9.17, 15) is 9.90 Å². The fraction of sp³-hybridized carbons (Fsp3) is 0.562. The van der Waals surface area contributed by atoms with Crippen molar-refractivity contribution in [1.82, 2.24) is 5.32 Å². The van der Waals surface area contributed by atoms with Gasteiger partial charge in [0, 0.05) is 11.0 Å². The zero-order valence-corrected chi connectivity index (χ0v) is 14.1. The Kier molecular flexibility index (Phi) is 5.27. The van der Waals surface area contributed by atoms with Gasteiger partial charge in [-0.25, -0.2) is 0 Å². The van der Waals surface area contributed by atoms with Gasteiger partial charge in [0.05, 0.1) is 18.3 Å². The number of nitrogens with one attached hydrogen (secondary N) is 1. The average Bonchev–Trinajstić information content (AvgIpc) is 2.44. The average molecular weight is 356 g/mol. The summed E-state index contributed by atoms with van der Waals surface area (Å²) in [7, 11) is 1.54. The molecule has 2 unspecified atom stereocenters. The molecule has 0 aromatic heterocycles. The van der Waals surface area contributed by atoms with Crippen LogP contribution >= 0.6 is 15.9 Å². The normalized spacial score (nSPS) is 25.4. The Hall–Kier alpha value is -1.07. The molecule has 1 fully saturated rings. The fourth-order valence-electron chi connectivity index (χ4n) is 2.99. The van der Waals surface area contributed by atoms with Gasteiger partial charge in [-0.1, -0.05) is 35.7 Å². The molecule has 21 heavy (non-hydrogen) atoms. The number of ether oxygens (including phenoxy) is 1. The van der Waals surface area contributed by atoms with Gasteiger partial charge in [-0.3, -0.25) is 4.79 Å². The van der Waals surface area contributed by atoms with Crippen LogP contribution in [-0.2, 0) is 0 Å². The number of halogens is 1. The molecule has 0 spiro atoms. The molecule has 2 rings (SSSR count). The predicted octanol–water partition coefficient (Wildman–Crippen LogP) is 3.13. The molecule has 2 atom stereocenters. The third-order valence-electron chi connectivity index (χ3n) is 4.05. The molecule has 1 aliphatic rings. The molecule has 0 saturated heterocycles. The molecule has 1 aromatic rings. The minimum absolute atomic E-state index is 0.217. The van der Waals surface area contributed by atoms with Gasteiger partial charge in [-0.15, -0.1) is 0 Å². The monoisotopic (exact) mass is 355 g/mol. The van der Waals surface area contributed by atoms with E-state index in [0.29, 0.717) is 17.2 Å². The first kappa shape index (κ1) is 16.3. The number of carbonyl (C=O) groups is 1. The van der Waals surface area contributed by atoms with Crippen LogP contribution in [0.3, 0.4) is 0 Å². The highest BCUT2D eigenvalue weighted by Crippen LogP contribution is 2.32. The molecule has 1 aliphatic carbocycles. The summed E-state index contributed by atoms with van der Waals surface area (Å²) >= 11 is 3.35. The van der Waals surface area contributed by atoms with E-state index in [1.807, 2.05) is 0 Å². The number of carbonyl (C=O) groups excluding carboxylic acids is 1. The van der Waals surface area contributed by atoms with Crippen LogP contribution in [0.25, 0.3) is 0 Å². The van der Waals surface area contributed by atoms with Gasteiger partial charge < -0.3 is 15.2 Å². The molecule has 0 bridgehead atoms. The van der Waals surface area contributed by atoms with Crippen molar-refractivity contribution in [2.24, 2.45) is 5.92 Å². The lowest BCUT2D eigenvalue weighted by Gasteiger charge is -2.35. The first-order chi connectivity index (χ1) is 9.93. The summed E-state index contributed by atoms with van der Waals surface area (Å²) in [6.07, 6.45) is 3.64. The van der Waals surface area contributed by atoms with Crippen molar-refractivity contribution in [3.63, 3.8) is 0 Å². The van der Waals surface area contributed by atoms with E-state index in [2.05, 4.69) is 28.2 Å². The van der Waals surface area contributed by atoms with Crippen molar-refractivity contribution >= 4 is 21.8 Å². The highest BCUT2D eigenvalue weighted by Gasteiger charge is 2.33. The first-order valence-electron chi connectivity index (χ1n) is 7.28. The van der Waals surface area contributed by atoms with Gasteiger partial charge in [0.1, 0.15) is 5.75 Å². The molecule has 1 saturated carbocycles. The van der Waals surface area contributed by atoms with E-state index >= 15 is 0 Å². The molecule has 4 nitrogen and oxygen atoms in total. The predicted molar refractivity (Wildman–Crippen MR) is 85.6 cm³/mol. The highest BCUT2D eigenvalue weighted by atomic mass is 79.9. The number of hydrogen-bond donors (Lipinski definition) is 2. The number of methoxy groups -OCH3 is 1. The third kappa shape index (κ3) is 4.20. The van der Waals surface area contributed by atoms with Crippen LogP contribution in [0.1, 0.15) is 43.0 Å². The maximum Gasteiger partial charge on any atom is 0.255 e. The van der Waals surface area contributed by atoms with E-state index < -0.39 is 5.60 Å². The standard InChI is InChI=1S/C16H22BrNO3/c1-11-4-3-7-16(20,9-11)10-18-15(19)13-6-5-12(17)8-14(13)21-2/h5-6,8,11,20H,3-4,7,9-10H2,1-2H3,(H,18,19). The van der Waals surface area contributed by atoms with Crippen molar-refractivity contribution in [3.05, 3.63) is 28.2 Å². The summed E-state index contributed by atoms with van der Waals surface area (Å²) in [4.78, 5) is 12.3. The smallest absolute Gasteiger partial charge is 0.255 e. The van der Waals surface area contributed by atoms with Gasteiger partial charge in [0.25, 0.3) is 5.91 Å². The molecule has 2 N–H and O–H groups in total. The number of amides is 1. The Morgan fingerprint density at radius 1 is 1.57 bits per heavy atom. The number of aliphatic hydroxyl groups is 1. The first-order valence-corrected chi connectivity index (χ1v) is 8.07. The van der Waals surface area contributed by atoms with Gasteiger partial charge in [0.2, 0.25) is 0 Å². The maximum atomic E-state index is 12.3. The van der Waals surface area contributed by atoms with Crippen LogP contribution in [0.5, 0.6) is 5.75 Å². The van der Waals surface area contributed by atoms with Crippen LogP contribution in [0, 0.1) is 5.92 Å². The van der Waals surface area contributed by atoms with E-state index in [-0.39, 0.29) is 12.5 Å². The third-order valence-corrected chi connectivity index (χ3v) is 4.55. The zero-order chi connectivity index (χ0) is 15.5. The van der Waals surface area contributed by atoms with E-state index in [4.69, 9.17) is 4.74 Å². The van der Waals surface area contributed by atoms with Gasteiger partial charge in [-0.05, 0) is 37.0 Å².